The highest BCUT2D eigenvalue weighted by atomic mass is 16.5. The van der Waals surface area contributed by atoms with Crippen LogP contribution in [0.1, 0.15) is 62.2 Å². The first-order valence-electron chi connectivity index (χ1n) is 9.07. The summed E-state index contributed by atoms with van der Waals surface area (Å²) in [5.41, 5.74) is 0.227. The molecule has 0 unspecified atom stereocenters. The van der Waals surface area contributed by atoms with Crippen molar-refractivity contribution in [2.75, 3.05) is 18.5 Å². The number of carbonyl (C=O) groups is 2. The van der Waals surface area contributed by atoms with Gasteiger partial charge in [-0.2, -0.15) is 0 Å². The minimum atomic E-state index is -0.805. The van der Waals surface area contributed by atoms with Crippen LogP contribution in [0.2, 0.25) is 0 Å². The Hall–Kier alpha value is -2.08. The number of nitrogens with one attached hydrogen (secondary N) is 2. The first kappa shape index (κ1) is 19.2. The Morgan fingerprint density at radius 2 is 1.76 bits per heavy atom. The number of hydrogen-bond donors (Lipinski definition) is 3. The summed E-state index contributed by atoms with van der Waals surface area (Å²) < 4.78 is 5.06. The third kappa shape index (κ3) is 6.38. The number of ether oxygens (including phenoxy) is 1. The van der Waals surface area contributed by atoms with Gasteiger partial charge in [-0.1, -0.05) is 32.6 Å². The van der Waals surface area contributed by atoms with E-state index >= 15 is 0 Å². The average Bonchev–Trinajstić information content (AvgIpc) is 2.84. The summed E-state index contributed by atoms with van der Waals surface area (Å²) in [4.78, 5) is 23.7. The fourth-order valence-corrected chi connectivity index (χ4v) is 2.95. The van der Waals surface area contributed by atoms with Gasteiger partial charge in [-0.05, 0) is 43.5 Å². The summed E-state index contributed by atoms with van der Waals surface area (Å²) in [7, 11) is 0. The van der Waals surface area contributed by atoms with Crippen LogP contribution in [-0.2, 0) is 4.74 Å². The molecule has 6 heteroatoms. The molecule has 2 amide bonds. The maximum Gasteiger partial charge on any atom is 0.338 e. The fourth-order valence-electron chi connectivity index (χ4n) is 2.95. The van der Waals surface area contributed by atoms with Crippen molar-refractivity contribution in [1.82, 2.24) is 5.32 Å². The largest absolute Gasteiger partial charge is 0.462 e. The maximum atomic E-state index is 12.0. The Morgan fingerprint density at radius 3 is 2.36 bits per heavy atom. The van der Waals surface area contributed by atoms with E-state index in [4.69, 9.17) is 4.74 Å². The first-order valence-corrected chi connectivity index (χ1v) is 9.07. The summed E-state index contributed by atoms with van der Waals surface area (Å²) in [6.45, 7) is 2.58. The number of rotatable bonds is 6. The molecule has 1 aliphatic carbocycles. The zero-order valence-corrected chi connectivity index (χ0v) is 14.8. The zero-order chi connectivity index (χ0) is 18.1. The Balaban J connectivity index is 1.81. The molecule has 3 N–H and O–H groups in total. The van der Waals surface area contributed by atoms with Crippen LogP contribution in [0.25, 0.3) is 0 Å². The van der Waals surface area contributed by atoms with Crippen LogP contribution in [0.15, 0.2) is 24.3 Å². The lowest BCUT2D eigenvalue weighted by molar-refractivity contribution is 0.0281. The van der Waals surface area contributed by atoms with Gasteiger partial charge in [0, 0.05) is 12.2 Å². The highest BCUT2D eigenvalue weighted by molar-refractivity contribution is 5.92. The van der Waals surface area contributed by atoms with Gasteiger partial charge in [0.2, 0.25) is 0 Å². The van der Waals surface area contributed by atoms with Crippen LogP contribution in [-0.4, -0.2) is 35.9 Å². The number of carbonyl (C=O) groups excluding carboxylic acids is 2. The highest BCUT2D eigenvalue weighted by Crippen LogP contribution is 2.26. The molecule has 6 nitrogen and oxygen atoms in total. The number of benzene rings is 1. The van der Waals surface area contributed by atoms with Crippen molar-refractivity contribution in [3.8, 4) is 0 Å². The average molecular weight is 348 g/mol. The summed E-state index contributed by atoms with van der Waals surface area (Å²) >= 11 is 0. The van der Waals surface area contributed by atoms with Gasteiger partial charge < -0.3 is 20.5 Å². The van der Waals surface area contributed by atoms with Gasteiger partial charge in [-0.3, -0.25) is 0 Å². The molecule has 0 aliphatic heterocycles. The van der Waals surface area contributed by atoms with Crippen molar-refractivity contribution in [2.45, 2.75) is 57.5 Å². The number of aliphatic hydroxyl groups is 1. The normalized spacial score (nSPS) is 16.6. The van der Waals surface area contributed by atoms with E-state index in [-0.39, 0.29) is 18.5 Å². The van der Waals surface area contributed by atoms with E-state index in [1.807, 2.05) is 6.92 Å². The summed E-state index contributed by atoms with van der Waals surface area (Å²) in [6, 6.07) is 6.18. The monoisotopic (exact) mass is 348 g/mol. The van der Waals surface area contributed by atoms with Crippen molar-refractivity contribution in [1.29, 1.82) is 0 Å². The molecule has 0 atom stereocenters. The van der Waals surface area contributed by atoms with Crippen LogP contribution in [0, 0.1) is 0 Å². The molecule has 2 rings (SSSR count). The van der Waals surface area contributed by atoms with E-state index in [1.165, 1.54) is 0 Å². The molecule has 0 aromatic heterocycles. The van der Waals surface area contributed by atoms with E-state index in [0.717, 1.165) is 44.9 Å². The predicted molar refractivity (Wildman–Crippen MR) is 96.7 cm³/mol. The Bertz CT molecular complexity index is 563. The SMILES string of the molecule is CCCOC(=O)c1ccc(NC(=O)NCC2(O)CCCCCC2)cc1. The topological polar surface area (TPSA) is 87.7 Å². The zero-order valence-electron chi connectivity index (χ0n) is 14.8. The van der Waals surface area contributed by atoms with Crippen LogP contribution in [0.3, 0.4) is 0 Å². The highest BCUT2D eigenvalue weighted by Gasteiger charge is 2.28. The van der Waals surface area contributed by atoms with Gasteiger partial charge in [0.25, 0.3) is 0 Å². The van der Waals surface area contributed by atoms with E-state index in [2.05, 4.69) is 10.6 Å². The lowest BCUT2D eigenvalue weighted by Crippen LogP contribution is -2.44. The van der Waals surface area contributed by atoms with Gasteiger partial charge in [-0.15, -0.1) is 0 Å². The second kappa shape index (κ2) is 9.42. The molecule has 1 aromatic carbocycles. The molecular weight excluding hydrogens is 320 g/mol. The molecule has 1 aromatic rings. The minimum Gasteiger partial charge on any atom is -0.462 e. The lowest BCUT2D eigenvalue weighted by Gasteiger charge is -2.26. The van der Waals surface area contributed by atoms with Crippen molar-refractivity contribution in [3.63, 3.8) is 0 Å². The molecule has 0 bridgehead atoms. The standard InChI is InChI=1S/C19H28N2O4/c1-2-13-25-17(22)15-7-9-16(10-8-15)21-18(23)20-14-19(24)11-5-3-4-6-12-19/h7-10,24H,2-6,11-14H2,1H3,(H2,20,21,23). The second-order valence-corrected chi connectivity index (χ2v) is 6.66. The molecule has 0 saturated heterocycles. The fraction of sp³-hybridized carbons (Fsp3) is 0.579. The quantitative estimate of drug-likeness (QED) is 0.543. The molecule has 0 heterocycles. The van der Waals surface area contributed by atoms with Crippen molar-refractivity contribution in [3.05, 3.63) is 29.8 Å². The van der Waals surface area contributed by atoms with E-state index in [0.29, 0.717) is 17.9 Å². The summed E-state index contributed by atoms with van der Waals surface area (Å²) in [5.74, 6) is -0.367. The molecule has 0 spiro atoms. The summed E-state index contributed by atoms with van der Waals surface area (Å²) in [5, 5.41) is 16.0. The van der Waals surface area contributed by atoms with E-state index in [9.17, 15) is 14.7 Å². The molecular formula is C19H28N2O4. The maximum absolute atomic E-state index is 12.0. The molecule has 1 aliphatic rings. The Kier molecular flexibility index (Phi) is 7.25. The van der Waals surface area contributed by atoms with Crippen LogP contribution < -0.4 is 10.6 Å². The van der Waals surface area contributed by atoms with Gasteiger partial charge >= 0.3 is 12.0 Å². The molecule has 1 saturated carbocycles. The Morgan fingerprint density at radius 1 is 1.12 bits per heavy atom. The lowest BCUT2D eigenvalue weighted by atomic mass is 9.95. The van der Waals surface area contributed by atoms with Gasteiger partial charge in [-0.25, -0.2) is 9.59 Å². The number of esters is 1. The van der Waals surface area contributed by atoms with Gasteiger partial charge in [0.15, 0.2) is 0 Å². The van der Waals surface area contributed by atoms with Crippen molar-refractivity contribution < 1.29 is 19.4 Å². The third-order valence-corrected chi connectivity index (χ3v) is 4.43. The van der Waals surface area contributed by atoms with Crippen LogP contribution in [0.4, 0.5) is 10.5 Å². The number of urea groups is 1. The summed E-state index contributed by atoms with van der Waals surface area (Å²) in [6.07, 6.45) is 6.50. The minimum absolute atomic E-state index is 0.250. The van der Waals surface area contributed by atoms with E-state index in [1.54, 1.807) is 24.3 Å². The number of anilines is 1. The number of hydrogen-bond acceptors (Lipinski definition) is 4. The molecule has 1 fully saturated rings. The first-order chi connectivity index (χ1) is 12.0. The van der Waals surface area contributed by atoms with Crippen LogP contribution >= 0.6 is 0 Å². The smallest absolute Gasteiger partial charge is 0.338 e. The van der Waals surface area contributed by atoms with Gasteiger partial charge in [0.05, 0.1) is 17.8 Å². The molecule has 0 radical (unpaired) electrons. The molecule has 138 valence electrons. The second-order valence-electron chi connectivity index (χ2n) is 6.66. The van der Waals surface area contributed by atoms with E-state index < -0.39 is 5.60 Å². The Labute approximate surface area is 149 Å². The number of amides is 2. The third-order valence-electron chi connectivity index (χ3n) is 4.43. The van der Waals surface area contributed by atoms with Crippen LogP contribution in [0.5, 0.6) is 0 Å². The predicted octanol–water partition coefficient (Wildman–Crippen LogP) is 3.46. The van der Waals surface area contributed by atoms with Gasteiger partial charge in [0.1, 0.15) is 0 Å². The van der Waals surface area contributed by atoms with Crippen molar-refractivity contribution >= 4 is 17.7 Å². The van der Waals surface area contributed by atoms with Crippen molar-refractivity contribution in [2.24, 2.45) is 0 Å². The molecule has 25 heavy (non-hydrogen) atoms.